The Kier molecular flexibility index (Phi) is 3.54. The van der Waals surface area contributed by atoms with E-state index in [1.165, 1.54) is 24.7 Å². The number of rotatable bonds is 1. The number of hydrogen-bond acceptors (Lipinski definition) is 2. The van der Waals surface area contributed by atoms with Gasteiger partial charge in [-0.1, -0.05) is 6.07 Å². The SMILES string of the molecule is Cl.FC(F)(F)c1cccc(-c2c[nH]cn2)n1. The van der Waals surface area contributed by atoms with Crippen molar-refractivity contribution in [3.05, 3.63) is 36.4 Å². The summed E-state index contributed by atoms with van der Waals surface area (Å²) < 4.78 is 37.0. The summed E-state index contributed by atoms with van der Waals surface area (Å²) in [7, 11) is 0. The fraction of sp³-hybridized carbons (Fsp3) is 0.111. The second-order valence-corrected chi connectivity index (χ2v) is 2.86. The molecule has 0 aromatic carbocycles. The lowest BCUT2D eigenvalue weighted by molar-refractivity contribution is -0.141. The first-order valence-electron chi connectivity index (χ1n) is 4.11. The zero-order chi connectivity index (χ0) is 10.9. The molecule has 2 aromatic heterocycles. The van der Waals surface area contributed by atoms with Crippen molar-refractivity contribution in [3.63, 3.8) is 0 Å². The molecule has 2 rings (SSSR count). The number of aromatic amines is 1. The Bertz CT molecular complexity index is 453. The van der Waals surface area contributed by atoms with Gasteiger partial charge < -0.3 is 4.98 Å². The minimum absolute atomic E-state index is 0. The highest BCUT2D eigenvalue weighted by atomic mass is 35.5. The average molecular weight is 250 g/mol. The molecule has 0 amide bonds. The zero-order valence-corrected chi connectivity index (χ0v) is 8.64. The van der Waals surface area contributed by atoms with Gasteiger partial charge in [0.2, 0.25) is 0 Å². The lowest BCUT2D eigenvalue weighted by Crippen LogP contribution is -2.07. The average Bonchev–Trinajstić information content (AvgIpc) is 2.69. The lowest BCUT2D eigenvalue weighted by atomic mass is 10.2. The van der Waals surface area contributed by atoms with E-state index >= 15 is 0 Å². The van der Waals surface area contributed by atoms with Gasteiger partial charge in [0.25, 0.3) is 0 Å². The summed E-state index contributed by atoms with van der Waals surface area (Å²) in [5.41, 5.74) is -0.324. The van der Waals surface area contributed by atoms with Gasteiger partial charge in [-0.25, -0.2) is 9.97 Å². The fourth-order valence-electron chi connectivity index (χ4n) is 1.14. The molecule has 3 nitrogen and oxygen atoms in total. The van der Waals surface area contributed by atoms with E-state index in [4.69, 9.17) is 0 Å². The van der Waals surface area contributed by atoms with Crippen molar-refractivity contribution in [2.75, 3.05) is 0 Å². The molecule has 0 fully saturated rings. The Morgan fingerprint density at radius 3 is 2.44 bits per heavy atom. The molecule has 0 aliphatic carbocycles. The lowest BCUT2D eigenvalue weighted by Gasteiger charge is -2.05. The van der Waals surface area contributed by atoms with Crippen LogP contribution in [-0.2, 0) is 6.18 Å². The van der Waals surface area contributed by atoms with Crippen LogP contribution in [0.5, 0.6) is 0 Å². The molecule has 0 spiro atoms. The highest BCUT2D eigenvalue weighted by Gasteiger charge is 2.32. The molecular formula is C9H7ClF3N3. The molecule has 7 heteroatoms. The third-order valence-electron chi connectivity index (χ3n) is 1.80. The van der Waals surface area contributed by atoms with Gasteiger partial charge in [0.1, 0.15) is 11.4 Å². The summed E-state index contributed by atoms with van der Waals surface area (Å²) in [4.78, 5) is 9.96. The van der Waals surface area contributed by atoms with Crippen LogP contribution in [0.4, 0.5) is 13.2 Å². The number of hydrogen-bond donors (Lipinski definition) is 1. The van der Waals surface area contributed by atoms with Crippen LogP contribution in [-0.4, -0.2) is 15.0 Å². The first kappa shape index (κ1) is 12.5. The fourth-order valence-corrected chi connectivity index (χ4v) is 1.14. The monoisotopic (exact) mass is 249 g/mol. The Morgan fingerprint density at radius 1 is 1.12 bits per heavy atom. The van der Waals surface area contributed by atoms with Crippen molar-refractivity contribution < 1.29 is 13.2 Å². The highest BCUT2D eigenvalue weighted by molar-refractivity contribution is 5.85. The summed E-state index contributed by atoms with van der Waals surface area (Å²) in [6.45, 7) is 0. The maximum Gasteiger partial charge on any atom is 0.433 e. The molecule has 86 valence electrons. The quantitative estimate of drug-likeness (QED) is 0.844. The third kappa shape index (κ3) is 2.52. The number of nitrogens with zero attached hydrogens (tertiary/aromatic N) is 2. The molecule has 0 aliphatic heterocycles. The van der Waals surface area contributed by atoms with Gasteiger partial charge in [0, 0.05) is 6.20 Å². The van der Waals surface area contributed by atoms with Gasteiger partial charge in [0.05, 0.1) is 12.0 Å². The summed E-state index contributed by atoms with van der Waals surface area (Å²) in [6.07, 6.45) is -1.55. The molecule has 0 radical (unpaired) electrons. The van der Waals surface area contributed by atoms with Crippen LogP contribution in [0, 0.1) is 0 Å². The maximum absolute atomic E-state index is 12.3. The van der Waals surface area contributed by atoms with E-state index in [1.54, 1.807) is 0 Å². The predicted octanol–water partition coefficient (Wildman–Crippen LogP) is 2.91. The number of nitrogens with one attached hydrogen (secondary N) is 1. The highest BCUT2D eigenvalue weighted by Crippen LogP contribution is 2.28. The van der Waals surface area contributed by atoms with Gasteiger partial charge >= 0.3 is 6.18 Å². The molecule has 0 saturated heterocycles. The standard InChI is InChI=1S/C9H6F3N3.ClH/c10-9(11,12)8-3-1-2-6(15-8)7-4-13-5-14-7;/h1-5H,(H,13,14);1H. The second kappa shape index (κ2) is 4.52. The Balaban J connectivity index is 0.00000128. The number of alkyl halides is 3. The van der Waals surface area contributed by atoms with Crippen molar-refractivity contribution in [2.24, 2.45) is 0 Å². The molecule has 0 unspecified atom stereocenters. The van der Waals surface area contributed by atoms with E-state index in [1.807, 2.05) is 0 Å². The van der Waals surface area contributed by atoms with Gasteiger partial charge in [-0.3, -0.25) is 0 Å². The predicted molar refractivity (Wildman–Crippen MR) is 54.1 cm³/mol. The van der Waals surface area contributed by atoms with Crippen molar-refractivity contribution in [1.82, 2.24) is 15.0 Å². The molecule has 2 aromatic rings. The van der Waals surface area contributed by atoms with E-state index < -0.39 is 11.9 Å². The number of aromatic nitrogens is 3. The van der Waals surface area contributed by atoms with E-state index in [-0.39, 0.29) is 18.1 Å². The van der Waals surface area contributed by atoms with Crippen LogP contribution < -0.4 is 0 Å². The zero-order valence-electron chi connectivity index (χ0n) is 7.82. The number of imidazole rings is 1. The van der Waals surface area contributed by atoms with E-state index in [0.29, 0.717) is 5.69 Å². The van der Waals surface area contributed by atoms with Crippen LogP contribution in [0.2, 0.25) is 0 Å². The van der Waals surface area contributed by atoms with Gasteiger partial charge in [-0.15, -0.1) is 12.4 Å². The maximum atomic E-state index is 12.3. The van der Waals surface area contributed by atoms with Crippen LogP contribution in [0.3, 0.4) is 0 Å². The molecule has 0 atom stereocenters. The van der Waals surface area contributed by atoms with Crippen LogP contribution in [0.15, 0.2) is 30.7 Å². The van der Waals surface area contributed by atoms with Gasteiger partial charge in [0.15, 0.2) is 0 Å². The Labute approximate surface area is 95.2 Å². The minimum Gasteiger partial charge on any atom is -0.351 e. The van der Waals surface area contributed by atoms with Gasteiger partial charge in [-0.05, 0) is 12.1 Å². The second-order valence-electron chi connectivity index (χ2n) is 2.86. The number of halogens is 4. The van der Waals surface area contributed by atoms with Crippen molar-refractivity contribution in [1.29, 1.82) is 0 Å². The smallest absolute Gasteiger partial charge is 0.351 e. The molecule has 2 heterocycles. The molecule has 1 N–H and O–H groups in total. The first-order valence-corrected chi connectivity index (χ1v) is 4.11. The van der Waals surface area contributed by atoms with E-state index in [0.717, 1.165) is 6.07 Å². The molecule has 0 saturated carbocycles. The van der Waals surface area contributed by atoms with Crippen molar-refractivity contribution in [3.8, 4) is 11.4 Å². The van der Waals surface area contributed by atoms with Crippen molar-refractivity contribution >= 4 is 12.4 Å². The molecule has 0 aliphatic rings. The summed E-state index contributed by atoms with van der Waals surface area (Å²) in [5, 5.41) is 0. The van der Waals surface area contributed by atoms with Crippen LogP contribution >= 0.6 is 12.4 Å². The number of pyridine rings is 1. The topological polar surface area (TPSA) is 41.6 Å². The Morgan fingerprint density at radius 2 is 1.88 bits per heavy atom. The van der Waals surface area contributed by atoms with Gasteiger partial charge in [-0.2, -0.15) is 13.2 Å². The summed E-state index contributed by atoms with van der Waals surface area (Å²) in [6, 6.07) is 3.71. The first-order chi connectivity index (χ1) is 7.07. The summed E-state index contributed by atoms with van der Waals surface area (Å²) in [5.74, 6) is 0. The number of H-pyrrole nitrogens is 1. The Hall–Kier alpha value is -1.56. The normalized spacial score (nSPS) is 10.9. The molecular weight excluding hydrogens is 243 g/mol. The van der Waals surface area contributed by atoms with E-state index in [9.17, 15) is 13.2 Å². The largest absolute Gasteiger partial charge is 0.433 e. The van der Waals surface area contributed by atoms with Crippen LogP contribution in [0.1, 0.15) is 5.69 Å². The van der Waals surface area contributed by atoms with Crippen molar-refractivity contribution in [2.45, 2.75) is 6.18 Å². The minimum atomic E-state index is -4.42. The third-order valence-corrected chi connectivity index (χ3v) is 1.80. The molecule has 0 bridgehead atoms. The molecule has 16 heavy (non-hydrogen) atoms. The van der Waals surface area contributed by atoms with E-state index in [2.05, 4.69) is 15.0 Å². The van der Waals surface area contributed by atoms with Crippen LogP contribution in [0.25, 0.3) is 11.4 Å². The summed E-state index contributed by atoms with van der Waals surface area (Å²) >= 11 is 0.